The van der Waals surface area contributed by atoms with Crippen molar-refractivity contribution < 1.29 is 13.6 Å². The van der Waals surface area contributed by atoms with Crippen molar-refractivity contribution in [3.63, 3.8) is 0 Å². The van der Waals surface area contributed by atoms with Crippen molar-refractivity contribution in [1.82, 2.24) is 10.6 Å². The van der Waals surface area contributed by atoms with E-state index >= 15 is 0 Å². The molecule has 0 aliphatic carbocycles. The molecule has 1 amide bonds. The van der Waals surface area contributed by atoms with Gasteiger partial charge in [-0.05, 0) is 49.6 Å². The Hall–Kier alpha value is -2.96. The number of para-hydroxylation sites is 1. The lowest BCUT2D eigenvalue weighted by atomic mass is 10.0. The van der Waals surface area contributed by atoms with Crippen LogP contribution in [0.25, 0.3) is 0 Å². The van der Waals surface area contributed by atoms with Crippen LogP contribution in [0.5, 0.6) is 0 Å². The third kappa shape index (κ3) is 4.85. The summed E-state index contributed by atoms with van der Waals surface area (Å²) >= 11 is 0. The van der Waals surface area contributed by atoms with Gasteiger partial charge < -0.3 is 15.5 Å². The first-order valence-corrected chi connectivity index (χ1v) is 9.43. The van der Waals surface area contributed by atoms with E-state index in [9.17, 15) is 13.6 Å². The molecule has 0 radical (unpaired) electrons. The number of rotatable bonds is 5. The van der Waals surface area contributed by atoms with Crippen molar-refractivity contribution >= 4 is 17.6 Å². The van der Waals surface area contributed by atoms with Gasteiger partial charge in [-0.1, -0.05) is 18.2 Å². The first-order chi connectivity index (χ1) is 13.6. The van der Waals surface area contributed by atoms with Crippen LogP contribution in [0, 0.1) is 11.6 Å². The van der Waals surface area contributed by atoms with Gasteiger partial charge in [-0.3, -0.25) is 4.79 Å². The molecular formula is C21H24F2N4O. The van der Waals surface area contributed by atoms with E-state index in [2.05, 4.69) is 15.6 Å². The molecule has 0 fully saturated rings. The largest absolute Gasteiger partial charge is 0.357 e. The summed E-state index contributed by atoms with van der Waals surface area (Å²) in [5, 5.41) is 6.00. The van der Waals surface area contributed by atoms with Gasteiger partial charge in [0.2, 0.25) is 5.91 Å². The predicted molar refractivity (Wildman–Crippen MR) is 106 cm³/mol. The topological polar surface area (TPSA) is 56.7 Å². The van der Waals surface area contributed by atoms with E-state index in [1.165, 1.54) is 5.56 Å². The van der Waals surface area contributed by atoms with Gasteiger partial charge in [0.25, 0.3) is 0 Å². The van der Waals surface area contributed by atoms with E-state index in [0.717, 1.165) is 36.7 Å². The average Bonchev–Trinajstić information content (AvgIpc) is 2.71. The Labute approximate surface area is 163 Å². The Morgan fingerprint density at radius 1 is 1.18 bits per heavy atom. The zero-order valence-corrected chi connectivity index (χ0v) is 15.8. The summed E-state index contributed by atoms with van der Waals surface area (Å²) in [4.78, 5) is 18.8. The molecule has 0 saturated carbocycles. The summed E-state index contributed by atoms with van der Waals surface area (Å²) in [6, 6.07) is 11.2. The highest BCUT2D eigenvalue weighted by molar-refractivity contribution is 5.98. The fraction of sp³-hybridized carbons (Fsp3) is 0.333. The molecule has 2 aromatic rings. The third-order valence-corrected chi connectivity index (χ3v) is 4.58. The van der Waals surface area contributed by atoms with Gasteiger partial charge in [0.1, 0.15) is 11.6 Å². The number of nitrogens with one attached hydrogen (secondary N) is 2. The van der Waals surface area contributed by atoms with Crippen molar-refractivity contribution in [2.24, 2.45) is 4.99 Å². The fourth-order valence-electron chi connectivity index (χ4n) is 3.22. The normalized spacial score (nSPS) is 13.8. The Kier molecular flexibility index (Phi) is 6.57. The van der Waals surface area contributed by atoms with Crippen LogP contribution in [0.2, 0.25) is 0 Å². The van der Waals surface area contributed by atoms with E-state index in [0.29, 0.717) is 19.0 Å². The maximum Gasteiger partial charge on any atom is 0.246 e. The van der Waals surface area contributed by atoms with Gasteiger partial charge in [-0.15, -0.1) is 0 Å². The number of hydrogen-bond donors (Lipinski definition) is 2. The highest BCUT2D eigenvalue weighted by Gasteiger charge is 2.22. The molecule has 0 aromatic heterocycles. The second-order valence-corrected chi connectivity index (χ2v) is 6.56. The number of carbonyl (C=O) groups excluding carboxylic acids is 1. The van der Waals surface area contributed by atoms with Crippen LogP contribution in [-0.2, 0) is 17.8 Å². The Bertz CT molecular complexity index is 869. The Morgan fingerprint density at radius 2 is 2.00 bits per heavy atom. The highest BCUT2D eigenvalue weighted by atomic mass is 19.1. The van der Waals surface area contributed by atoms with E-state index in [1.807, 2.05) is 31.2 Å². The van der Waals surface area contributed by atoms with Gasteiger partial charge in [0.05, 0.1) is 13.1 Å². The summed E-state index contributed by atoms with van der Waals surface area (Å²) in [7, 11) is 0. The van der Waals surface area contributed by atoms with Gasteiger partial charge in [-0.25, -0.2) is 13.8 Å². The minimum absolute atomic E-state index is 0.0281. The summed E-state index contributed by atoms with van der Waals surface area (Å²) < 4.78 is 27.1. The number of fused-ring (bicyclic) bond motifs is 1. The first kappa shape index (κ1) is 19.8. The number of carbonyl (C=O) groups is 1. The summed E-state index contributed by atoms with van der Waals surface area (Å²) in [6.45, 7) is 3.19. The monoisotopic (exact) mass is 386 g/mol. The molecule has 5 nitrogen and oxygen atoms in total. The number of anilines is 1. The minimum Gasteiger partial charge on any atom is -0.357 e. The maximum absolute atomic E-state index is 13.8. The van der Waals surface area contributed by atoms with E-state index in [4.69, 9.17) is 0 Å². The van der Waals surface area contributed by atoms with Crippen LogP contribution in [0.4, 0.5) is 14.5 Å². The number of hydrogen-bond acceptors (Lipinski definition) is 2. The van der Waals surface area contributed by atoms with Crippen LogP contribution < -0.4 is 15.5 Å². The molecule has 148 valence electrons. The molecule has 0 atom stereocenters. The molecule has 1 aliphatic rings. The van der Waals surface area contributed by atoms with E-state index in [1.54, 1.807) is 4.90 Å². The molecule has 7 heteroatoms. The molecule has 0 bridgehead atoms. The van der Waals surface area contributed by atoms with Gasteiger partial charge >= 0.3 is 0 Å². The smallest absolute Gasteiger partial charge is 0.246 e. The van der Waals surface area contributed by atoms with Gasteiger partial charge in [0, 0.05) is 24.3 Å². The molecule has 2 aromatic carbocycles. The molecular weight excluding hydrogens is 362 g/mol. The average molecular weight is 386 g/mol. The predicted octanol–water partition coefficient (Wildman–Crippen LogP) is 3.00. The molecule has 0 saturated heterocycles. The Balaban J connectivity index is 1.65. The third-order valence-electron chi connectivity index (χ3n) is 4.58. The van der Waals surface area contributed by atoms with Crippen LogP contribution in [0.1, 0.15) is 24.5 Å². The molecule has 0 unspecified atom stereocenters. The van der Waals surface area contributed by atoms with Crippen molar-refractivity contribution in [3.8, 4) is 0 Å². The fourth-order valence-corrected chi connectivity index (χ4v) is 3.22. The standard InChI is InChI=1S/C21H24F2N4O/c1-2-24-21(25-13-16-12-17(22)9-10-18(16)23)26-14-20(28)27-11-5-7-15-6-3-4-8-19(15)27/h3-4,6,8-10,12H,2,5,7,11,13-14H2,1H3,(H2,24,25,26). The second kappa shape index (κ2) is 9.30. The van der Waals surface area contributed by atoms with Crippen molar-refractivity contribution in [3.05, 3.63) is 65.2 Å². The molecule has 0 spiro atoms. The molecule has 1 heterocycles. The number of guanidine groups is 1. The van der Waals surface area contributed by atoms with E-state index in [-0.39, 0.29) is 24.6 Å². The quantitative estimate of drug-likeness (QED) is 0.614. The summed E-state index contributed by atoms with van der Waals surface area (Å²) in [5.41, 5.74) is 2.28. The van der Waals surface area contributed by atoms with Crippen molar-refractivity contribution in [2.75, 3.05) is 24.5 Å². The number of benzene rings is 2. The number of halogens is 2. The molecule has 28 heavy (non-hydrogen) atoms. The lowest BCUT2D eigenvalue weighted by molar-refractivity contribution is -0.117. The Morgan fingerprint density at radius 3 is 2.82 bits per heavy atom. The van der Waals surface area contributed by atoms with Crippen LogP contribution in [0.15, 0.2) is 47.5 Å². The van der Waals surface area contributed by atoms with Crippen LogP contribution >= 0.6 is 0 Å². The first-order valence-electron chi connectivity index (χ1n) is 9.43. The van der Waals surface area contributed by atoms with E-state index < -0.39 is 11.6 Å². The zero-order chi connectivity index (χ0) is 19.9. The summed E-state index contributed by atoms with van der Waals surface area (Å²) in [5.74, 6) is -0.704. The number of amides is 1. The number of nitrogens with zero attached hydrogens (tertiary/aromatic N) is 2. The number of aryl methyl sites for hydroxylation is 1. The van der Waals surface area contributed by atoms with Crippen molar-refractivity contribution in [1.29, 1.82) is 0 Å². The maximum atomic E-state index is 13.8. The lowest BCUT2D eigenvalue weighted by Crippen LogP contribution is -2.46. The SMILES string of the molecule is CCNC(=NCc1cc(F)ccc1F)NCC(=O)N1CCCc2ccccc21. The lowest BCUT2D eigenvalue weighted by Gasteiger charge is -2.29. The summed E-state index contributed by atoms with van der Waals surface area (Å²) in [6.07, 6.45) is 1.90. The van der Waals surface area contributed by atoms with Crippen molar-refractivity contribution in [2.45, 2.75) is 26.3 Å². The minimum atomic E-state index is -0.512. The number of aliphatic imine (C=N–C) groups is 1. The second-order valence-electron chi connectivity index (χ2n) is 6.56. The van der Waals surface area contributed by atoms with Gasteiger partial charge in [-0.2, -0.15) is 0 Å². The molecule has 2 N–H and O–H groups in total. The molecule has 1 aliphatic heterocycles. The van der Waals surface area contributed by atoms with Gasteiger partial charge in [0.15, 0.2) is 5.96 Å². The van der Waals surface area contributed by atoms with Crippen LogP contribution in [0.3, 0.4) is 0 Å². The zero-order valence-electron chi connectivity index (χ0n) is 15.8. The highest BCUT2D eigenvalue weighted by Crippen LogP contribution is 2.26. The molecule has 3 rings (SSSR count). The van der Waals surface area contributed by atoms with Crippen LogP contribution in [-0.4, -0.2) is 31.5 Å².